The van der Waals surface area contributed by atoms with Gasteiger partial charge in [0.25, 0.3) is 11.8 Å². The molecule has 4 heterocycles. The van der Waals surface area contributed by atoms with Crippen LogP contribution >= 0.6 is 0 Å². The number of likely N-dealkylation sites (tertiary alicyclic amines) is 1. The maximum atomic E-state index is 13.4. The zero-order valence-electron chi connectivity index (χ0n) is 19.2. The first-order valence-electron chi connectivity index (χ1n) is 12.0. The molecule has 2 aliphatic rings. The van der Waals surface area contributed by atoms with E-state index in [0.29, 0.717) is 30.0 Å². The van der Waals surface area contributed by atoms with E-state index >= 15 is 0 Å². The first kappa shape index (κ1) is 22.3. The van der Waals surface area contributed by atoms with Gasteiger partial charge < -0.3 is 15.0 Å². The van der Waals surface area contributed by atoms with Gasteiger partial charge in [0.15, 0.2) is 0 Å². The van der Waals surface area contributed by atoms with Crippen molar-refractivity contribution in [1.29, 1.82) is 0 Å². The average Bonchev–Trinajstić information content (AvgIpc) is 3.36. The number of hydrogen-bond donors (Lipinski definition) is 1. The van der Waals surface area contributed by atoms with Gasteiger partial charge in [-0.25, -0.2) is 4.68 Å². The number of hydrogen-bond acceptors (Lipinski definition) is 5. The van der Waals surface area contributed by atoms with Crippen LogP contribution in [0.15, 0.2) is 55.0 Å². The molecule has 0 aliphatic carbocycles. The first-order chi connectivity index (χ1) is 16.7. The van der Waals surface area contributed by atoms with Gasteiger partial charge in [0, 0.05) is 55.9 Å². The van der Waals surface area contributed by atoms with Crippen LogP contribution in [0.1, 0.15) is 64.4 Å². The number of carbonyl (C=O) groups is 2. The summed E-state index contributed by atoms with van der Waals surface area (Å²) < 4.78 is 7.22. The number of ether oxygens (including phenoxy) is 1. The monoisotopic (exact) mass is 459 g/mol. The minimum absolute atomic E-state index is 0.0168. The van der Waals surface area contributed by atoms with Crippen LogP contribution < -0.4 is 5.32 Å². The number of aromatic nitrogens is 3. The van der Waals surface area contributed by atoms with Gasteiger partial charge in [-0.15, -0.1) is 0 Å². The maximum absolute atomic E-state index is 13.4. The standard InChI is InChI=1S/C26H29N5O3/c32-25(28-21-7-4-6-20(16-21)26(33)30-12-2-1-3-13-30)23-18-31(22-8-5-11-27-17-22)29-24(23)19-9-14-34-15-10-19/h4-8,11,16-19H,1-3,9-10,12-15H2,(H,28,32). The highest BCUT2D eigenvalue weighted by atomic mass is 16.5. The number of pyridine rings is 1. The summed E-state index contributed by atoms with van der Waals surface area (Å²) in [6.07, 6.45) is 10.1. The number of nitrogens with zero attached hydrogens (tertiary/aromatic N) is 4. The highest BCUT2D eigenvalue weighted by Crippen LogP contribution is 2.30. The molecule has 0 spiro atoms. The lowest BCUT2D eigenvalue weighted by atomic mass is 9.94. The molecule has 3 aromatic rings. The van der Waals surface area contributed by atoms with E-state index < -0.39 is 0 Å². The number of piperidine rings is 1. The molecule has 0 bridgehead atoms. The lowest BCUT2D eigenvalue weighted by Gasteiger charge is -2.26. The first-order valence-corrected chi connectivity index (χ1v) is 12.0. The molecule has 8 nitrogen and oxygen atoms in total. The quantitative estimate of drug-likeness (QED) is 0.622. The second-order valence-corrected chi connectivity index (χ2v) is 8.86. The molecule has 0 unspecified atom stereocenters. The SMILES string of the molecule is O=C(Nc1cccc(C(=O)N2CCCCC2)c1)c1cn(-c2cccnc2)nc1C1CCOCC1. The van der Waals surface area contributed by atoms with Crippen molar-refractivity contribution in [2.24, 2.45) is 0 Å². The number of carbonyl (C=O) groups excluding carboxylic acids is 2. The molecule has 1 aromatic carbocycles. The summed E-state index contributed by atoms with van der Waals surface area (Å²) in [5, 5.41) is 7.76. The Balaban J connectivity index is 1.40. The van der Waals surface area contributed by atoms with Gasteiger partial charge in [-0.05, 0) is 62.4 Å². The third-order valence-corrected chi connectivity index (χ3v) is 6.52. The summed E-state index contributed by atoms with van der Waals surface area (Å²) in [7, 11) is 0. The Morgan fingerprint density at radius 1 is 1.03 bits per heavy atom. The van der Waals surface area contributed by atoms with Crippen LogP contribution in [0.25, 0.3) is 5.69 Å². The molecule has 34 heavy (non-hydrogen) atoms. The number of amides is 2. The normalized spacial score (nSPS) is 16.9. The lowest BCUT2D eigenvalue weighted by molar-refractivity contribution is 0.0724. The molecule has 2 saturated heterocycles. The number of anilines is 1. The average molecular weight is 460 g/mol. The summed E-state index contributed by atoms with van der Waals surface area (Å²) in [6, 6.07) is 10.9. The van der Waals surface area contributed by atoms with E-state index in [0.717, 1.165) is 50.2 Å². The summed E-state index contributed by atoms with van der Waals surface area (Å²) in [6.45, 7) is 2.90. The minimum Gasteiger partial charge on any atom is -0.381 e. The van der Waals surface area contributed by atoms with Crippen molar-refractivity contribution in [2.45, 2.75) is 38.0 Å². The van der Waals surface area contributed by atoms with Gasteiger partial charge in [-0.1, -0.05) is 6.07 Å². The fourth-order valence-corrected chi connectivity index (χ4v) is 4.66. The summed E-state index contributed by atoms with van der Waals surface area (Å²) in [5.74, 6) is -0.0678. The predicted octanol–water partition coefficient (Wildman–Crippen LogP) is 4.04. The highest BCUT2D eigenvalue weighted by Gasteiger charge is 2.26. The number of benzene rings is 1. The molecule has 8 heteroatoms. The predicted molar refractivity (Wildman–Crippen MR) is 128 cm³/mol. The highest BCUT2D eigenvalue weighted by molar-refractivity contribution is 6.06. The molecule has 2 aliphatic heterocycles. The summed E-state index contributed by atoms with van der Waals surface area (Å²) in [4.78, 5) is 32.4. The van der Waals surface area contributed by atoms with Gasteiger partial charge in [0.1, 0.15) is 0 Å². The number of rotatable bonds is 5. The Labute approximate surface area is 198 Å². The van der Waals surface area contributed by atoms with Crippen LogP contribution in [0.2, 0.25) is 0 Å². The van der Waals surface area contributed by atoms with E-state index in [2.05, 4.69) is 10.3 Å². The zero-order valence-corrected chi connectivity index (χ0v) is 19.2. The van der Waals surface area contributed by atoms with Gasteiger partial charge >= 0.3 is 0 Å². The molecule has 0 saturated carbocycles. The molecule has 2 aromatic heterocycles. The molecule has 2 fully saturated rings. The smallest absolute Gasteiger partial charge is 0.259 e. The van der Waals surface area contributed by atoms with Crippen molar-refractivity contribution >= 4 is 17.5 Å². The van der Waals surface area contributed by atoms with Crippen LogP contribution in [0.3, 0.4) is 0 Å². The third kappa shape index (κ3) is 4.87. The molecule has 176 valence electrons. The lowest BCUT2D eigenvalue weighted by Crippen LogP contribution is -2.35. The van der Waals surface area contributed by atoms with E-state index in [4.69, 9.17) is 9.84 Å². The molecule has 2 amide bonds. The molecule has 0 radical (unpaired) electrons. The fourth-order valence-electron chi connectivity index (χ4n) is 4.66. The van der Waals surface area contributed by atoms with Crippen molar-refractivity contribution in [3.63, 3.8) is 0 Å². The van der Waals surface area contributed by atoms with Crippen molar-refractivity contribution in [3.8, 4) is 5.69 Å². The second kappa shape index (κ2) is 10.2. The van der Waals surface area contributed by atoms with Crippen LogP contribution in [0.4, 0.5) is 5.69 Å². The summed E-state index contributed by atoms with van der Waals surface area (Å²) in [5.41, 5.74) is 3.29. The van der Waals surface area contributed by atoms with E-state index in [1.807, 2.05) is 29.2 Å². The minimum atomic E-state index is -0.237. The Bertz CT molecular complexity index is 1150. The van der Waals surface area contributed by atoms with Crippen LogP contribution in [-0.2, 0) is 4.74 Å². The van der Waals surface area contributed by atoms with Crippen molar-refractivity contribution in [3.05, 3.63) is 71.8 Å². The van der Waals surface area contributed by atoms with Crippen molar-refractivity contribution in [2.75, 3.05) is 31.6 Å². The third-order valence-electron chi connectivity index (χ3n) is 6.52. The van der Waals surface area contributed by atoms with Crippen LogP contribution in [0, 0.1) is 0 Å². The van der Waals surface area contributed by atoms with Gasteiger partial charge in [-0.2, -0.15) is 5.10 Å². The molecular weight excluding hydrogens is 430 g/mol. The number of nitrogens with one attached hydrogen (secondary N) is 1. The maximum Gasteiger partial charge on any atom is 0.259 e. The van der Waals surface area contributed by atoms with E-state index in [-0.39, 0.29) is 17.7 Å². The van der Waals surface area contributed by atoms with Crippen LogP contribution in [-0.4, -0.2) is 57.8 Å². The van der Waals surface area contributed by atoms with Crippen molar-refractivity contribution in [1.82, 2.24) is 19.7 Å². The Hall–Kier alpha value is -3.52. The van der Waals surface area contributed by atoms with Gasteiger partial charge in [0.2, 0.25) is 0 Å². The van der Waals surface area contributed by atoms with E-state index in [1.54, 1.807) is 35.4 Å². The molecule has 1 N–H and O–H groups in total. The zero-order chi connectivity index (χ0) is 23.3. The summed E-state index contributed by atoms with van der Waals surface area (Å²) >= 11 is 0. The second-order valence-electron chi connectivity index (χ2n) is 8.86. The van der Waals surface area contributed by atoms with Crippen molar-refractivity contribution < 1.29 is 14.3 Å². The van der Waals surface area contributed by atoms with Crippen LogP contribution in [0.5, 0.6) is 0 Å². The Morgan fingerprint density at radius 2 is 1.85 bits per heavy atom. The molecular formula is C26H29N5O3. The Morgan fingerprint density at radius 3 is 2.62 bits per heavy atom. The van der Waals surface area contributed by atoms with E-state index in [1.165, 1.54) is 6.42 Å². The van der Waals surface area contributed by atoms with E-state index in [9.17, 15) is 9.59 Å². The Kier molecular flexibility index (Phi) is 6.67. The fraction of sp³-hybridized carbons (Fsp3) is 0.385. The molecule has 5 rings (SSSR count). The topological polar surface area (TPSA) is 89.4 Å². The molecule has 0 atom stereocenters. The van der Waals surface area contributed by atoms with Gasteiger partial charge in [0.05, 0.1) is 23.1 Å². The van der Waals surface area contributed by atoms with Gasteiger partial charge in [-0.3, -0.25) is 14.6 Å². The largest absolute Gasteiger partial charge is 0.381 e.